The molecule has 9 nitrogen and oxygen atoms in total. The Morgan fingerprint density at radius 1 is 1.29 bits per heavy atom. The van der Waals surface area contributed by atoms with Gasteiger partial charge < -0.3 is 15.0 Å². The molecule has 3 N–H and O–H groups in total. The molecule has 0 unspecified atom stereocenters. The molecule has 2 aromatic heterocycles. The number of benzene rings is 1. The van der Waals surface area contributed by atoms with Crippen LogP contribution in [-0.2, 0) is 13.1 Å². The lowest BCUT2D eigenvalue weighted by Crippen LogP contribution is -2.19. The Bertz CT molecular complexity index is 1130. The van der Waals surface area contributed by atoms with E-state index in [-0.39, 0.29) is 5.91 Å². The number of ether oxygens (including phenoxy) is 1. The van der Waals surface area contributed by atoms with Gasteiger partial charge in [-0.3, -0.25) is 19.6 Å². The van der Waals surface area contributed by atoms with Crippen molar-refractivity contribution in [3.05, 3.63) is 47.8 Å². The van der Waals surface area contributed by atoms with Crippen molar-refractivity contribution in [2.45, 2.75) is 46.7 Å². The first-order valence-electron chi connectivity index (χ1n) is 10.3. The standard InChI is InChI=1S/C22H28N6O3/c1-5-8-10-31-18-13-15(20(23)29)12-16-19(18)27(9-6-2)22(24-16)25-21(30)17-11-14(4)26-28(17)7-3/h6,11-13H,2,5,7-10H2,1,3-4H3,(H2,23,29)(H,24,25,30). The van der Waals surface area contributed by atoms with E-state index < -0.39 is 5.91 Å². The van der Waals surface area contributed by atoms with E-state index in [0.717, 1.165) is 18.5 Å². The third-order valence-electron chi connectivity index (χ3n) is 4.82. The molecule has 0 fully saturated rings. The first kappa shape index (κ1) is 22.1. The molecule has 3 rings (SSSR count). The highest BCUT2D eigenvalue weighted by atomic mass is 16.5. The van der Waals surface area contributed by atoms with Crippen LogP contribution in [0.25, 0.3) is 11.0 Å². The lowest BCUT2D eigenvalue weighted by atomic mass is 10.1. The van der Waals surface area contributed by atoms with E-state index in [4.69, 9.17) is 10.5 Å². The molecule has 0 saturated heterocycles. The third-order valence-corrected chi connectivity index (χ3v) is 4.82. The monoisotopic (exact) mass is 424 g/mol. The van der Waals surface area contributed by atoms with Gasteiger partial charge >= 0.3 is 0 Å². The molecule has 0 aliphatic heterocycles. The van der Waals surface area contributed by atoms with E-state index in [1.165, 1.54) is 0 Å². The number of hydrogen-bond donors (Lipinski definition) is 2. The highest BCUT2D eigenvalue weighted by molar-refractivity contribution is 6.04. The number of fused-ring (bicyclic) bond motifs is 1. The molecule has 164 valence electrons. The second-order valence-electron chi connectivity index (χ2n) is 7.18. The minimum absolute atomic E-state index is 0.291. The Morgan fingerprint density at radius 2 is 2.06 bits per heavy atom. The number of imidazole rings is 1. The zero-order chi connectivity index (χ0) is 22.5. The van der Waals surface area contributed by atoms with Gasteiger partial charge in [0, 0.05) is 18.7 Å². The molecule has 0 aliphatic carbocycles. The molecule has 0 bridgehead atoms. The van der Waals surface area contributed by atoms with Crippen molar-refractivity contribution in [2.24, 2.45) is 5.73 Å². The van der Waals surface area contributed by atoms with Crippen LogP contribution in [-0.4, -0.2) is 37.8 Å². The SMILES string of the molecule is C=CCn1c(NC(=O)c2cc(C)nn2CC)nc2cc(C(N)=O)cc(OCCCC)c21. The average molecular weight is 425 g/mol. The topological polar surface area (TPSA) is 117 Å². The molecule has 31 heavy (non-hydrogen) atoms. The molecular formula is C22H28N6O3. The van der Waals surface area contributed by atoms with Crippen molar-refractivity contribution in [1.29, 1.82) is 0 Å². The predicted octanol–water partition coefficient (Wildman–Crippen LogP) is 3.28. The van der Waals surface area contributed by atoms with Crippen molar-refractivity contribution in [1.82, 2.24) is 19.3 Å². The fraction of sp³-hybridized carbons (Fsp3) is 0.364. The molecule has 2 heterocycles. The van der Waals surface area contributed by atoms with Gasteiger partial charge in [0.05, 0.1) is 17.8 Å². The van der Waals surface area contributed by atoms with Crippen molar-refractivity contribution in [3.8, 4) is 5.75 Å². The normalized spacial score (nSPS) is 10.9. The molecule has 9 heteroatoms. The van der Waals surface area contributed by atoms with Gasteiger partial charge in [0.15, 0.2) is 0 Å². The lowest BCUT2D eigenvalue weighted by Gasteiger charge is -2.12. The van der Waals surface area contributed by atoms with Crippen LogP contribution in [0.5, 0.6) is 5.75 Å². The number of unbranched alkanes of at least 4 members (excludes halogenated alkanes) is 1. The van der Waals surface area contributed by atoms with Crippen LogP contribution in [0.1, 0.15) is 53.2 Å². The van der Waals surface area contributed by atoms with Gasteiger partial charge in [-0.2, -0.15) is 5.10 Å². The number of aryl methyl sites for hydroxylation is 2. The van der Waals surface area contributed by atoms with E-state index in [2.05, 4.69) is 28.9 Å². The fourth-order valence-electron chi connectivity index (χ4n) is 3.35. The summed E-state index contributed by atoms with van der Waals surface area (Å²) >= 11 is 0. The minimum Gasteiger partial charge on any atom is -0.491 e. The van der Waals surface area contributed by atoms with Crippen LogP contribution in [0.2, 0.25) is 0 Å². The first-order valence-corrected chi connectivity index (χ1v) is 10.3. The van der Waals surface area contributed by atoms with Crippen LogP contribution < -0.4 is 15.8 Å². The number of primary amides is 1. The number of nitrogens with two attached hydrogens (primary N) is 1. The van der Waals surface area contributed by atoms with E-state index in [1.807, 2.05) is 13.8 Å². The highest BCUT2D eigenvalue weighted by Crippen LogP contribution is 2.31. The number of aromatic nitrogens is 4. The maximum absolute atomic E-state index is 13.0. The summed E-state index contributed by atoms with van der Waals surface area (Å²) in [5.41, 5.74) is 8.15. The summed E-state index contributed by atoms with van der Waals surface area (Å²) in [4.78, 5) is 29.3. The average Bonchev–Trinajstić information content (AvgIpc) is 3.28. The fourth-order valence-corrected chi connectivity index (χ4v) is 3.35. The Kier molecular flexibility index (Phi) is 6.74. The predicted molar refractivity (Wildman–Crippen MR) is 119 cm³/mol. The van der Waals surface area contributed by atoms with Gasteiger partial charge in [-0.25, -0.2) is 4.98 Å². The van der Waals surface area contributed by atoms with Gasteiger partial charge in [0.2, 0.25) is 11.9 Å². The first-order chi connectivity index (χ1) is 14.9. The van der Waals surface area contributed by atoms with Gasteiger partial charge in [-0.15, -0.1) is 6.58 Å². The Hall–Kier alpha value is -3.62. The van der Waals surface area contributed by atoms with E-state index >= 15 is 0 Å². The maximum Gasteiger partial charge on any atom is 0.276 e. The number of carbonyl (C=O) groups excluding carboxylic acids is 2. The number of hydrogen-bond acceptors (Lipinski definition) is 5. The molecule has 2 amide bonds. The Balaban J connectivity index is 2.09. The summed E-state index contributed by atoms with van der Waals surface area (Å²) in [5.74, 6) is -0.0903. The Morgan fingerprint density at radius 3 is 2.71 bits per heavy atom. The zero-order valence-corrected chi connectivity index (χ0v) is 18.1. The largest absolute Gasteiger partial charge is 0.491 e. The van der Waals surface area contributed by atoms with E-state index in [0.29, 0.717) is 53.7 Å². The lowest BCUT2D eigenvalue weighted by molar-refractivity contribution is 0.0995. The number of nitrogens with zero attached hydrogens (tertiary/aromatic N) is 4. The number of amides is 2. The third kappa shape index (κ3) is 4.60. The van der Waals surface area contributed by atoms with Crippen LogP contribution in [0, 0.1) is 6.92 Å². The van der Waals surface area contributed by atoms with E-state index in [9.17, 15) is 9.59 Å². The number of anilines is 1. The highest BCUT2D eigenvalue weighted by Gasteiger charge is 2.21. The van der Waals surface area contributed by atoms with Gasteiger partial charge in [0.25, 0.3) is 5.91 Å². The van der Waals surface area contributed by atoms with E-state index in [1.54, 1.807) is 33.5 Å². The van der Waals surface area contributed by atoms with Crippen LogP contribution in [0.3, 0.4) is 0 Å². The Labute approximate surface area is 180 Å². The summed E-state index contributed by atoms with van der Waals surface area (Å²) in [6, 6.07) is 4.94. The summed E-state index contributed by atoms with van der Waals surface area (Å²) in [6.07, 6.45) is 3.54. The molecule has 0 radical (unpaired) electrons. The number of nitrogens with one attached hydrogen (secondary N) is 1. The second kappa shape index (κ2) is 9.46. The smallest absolute Gasteiger partial charge is 0.276 e. The number of allylic oxidation sites excluding steroid dienone is 1. The van der Waals surface area contributed by atoms with Crippen LogP contribution >= 0.6 is 0 Å². The summed E-state index contributed by atoms with van der Waals surface area (Å²) < 4.78 is 9.38. The maximum atomic E-state index is 13.0. The van der Waals surface area contributed by atoms with Crippen molar-refractivity contribution < 1.29 is 14.3 Å². The molecule has 0 aliphatic rings. The summed E-state index contributed by atoms with van der Waals surface area (Å²) in [7, 11) is 0. The molecule has 3 aromatic rings. The van der Waals surface area contributed by atoms with Gasteiger partial charge in [-0.1, -0.05) is 19.4 Å². The quantitative estimate of drug-likeness (QED) is 0.383. The molecule has 1 aromatic carbocycles. The number of carbonyl (C=O) groups is 2. The number of rotatable bonds is 10. The van der Waals surface area contributed by atoms with Crippen molar-refractivity contribution in [2.75, 3.05) is 11.9 Å². The van der Waals surface area contributed by atoms with Crippen molar-refractivity contribution >= 4 is 28.8 Å². The summed E-state index contributed by atoms with van der Waals surface area (Å²) in [6.45, 7) is 11.1. The molecule has 0 saturated carbocycles. The van der Waals surface area contributed by atoms with Crippen LogP contribution in [0.4, 0.5) is 5.95 Å². The molecule has 0 spiro atoms. The second-order valence-corrected chi connectivity index (χ2v) is 7.18. The minimum atomic E-state index is -0.576. The van der Waals surface area contributed by atoms with Crippen LogP contribution in [0.15, 0.2) is 30.9 Å². The summed E-state index contributed by atoms with van der Waals surface area (Å²) in [5, 5.41) is 7.19. The molecular weight excluding hydrogens is 396 g/mol. The molecule has 0 atom stereocenters. The van der Waals surface area contributed by atoms with Gasteiger partial charge in [0.1, 0.15) is 17.0 Å². The van der Waals surface area contributed by atoms with Gasteiger partial charge in [-0.05, 0) is 38.5 Å². The zero-order valence-electron chi connectivity index (χ0n) is 18.1. The van der Waals surface area contributed by atoms with Crippen molar-refractivity contribution in [3.63, 3.8) is 0 Å².